The first-order chi connectivity index (χ1) is 9.94. The van der Waals surface area contributed by atoms with E-state index in [4.69, 9.17) is 0 Å². The molecule has 0 radical (unpaired) electrons. The molecule has 7 heteroatoms. The summed E-state index contributed by atoms with van der Waals surface area (Å²) in [4.78, 5) is 0.233. The third kappa shape index (κ3) is 5.41. The highest BCUT2D eigenvalue weighted by Crippen LogP contribution is 2.16. The summed E-state index contributed by atoms with van der Waals surface area (Å²) < 4.78 is 29.1. The van der Waals surface area contributed by atoms with Crippen LogP contribution in [0.2, 0.25) is 0 Å². The van der Waals surface area contributed by atoms with E-state index in [-0.39, 0.29) is 10.9 Å². The molecular formula is C14H28N4O2S. The predicted octanol–water partition coefficient (Wildman–Crippen LogP) is 1.60. The molecule has 0 aliphatic rings. The molecule has 122 valence electrons. The van der Waals surface area contributed by atoms with Crippen LogP contribution >= 0.6 is 0 Å². The lowest BCUT2D eigenvalue weighted by molar-refractivity contribution is 0.390. The fourth-order valence-electron chi connectivity index (χ4n) is 2.38. The Kier molecular flexibility index (Phi) is 7.34. The van der Waals surface area contributed by atoms with E-state index in [0.717, 1.165) is 25.9 Å². The number of rotatable bonds is 10. The molecule has 0 spiro atoms. The van der Waals surface area contributed by atoms with Gasteiger partial charge in [-0.1, -0.05) is 33.6 Å². The van der Waals surface area contributed by atoms with Gasteiger partial charge in [0.1, 0.15) is 4.90 Å². The SMILES string of the molecule is CCNCCn1cc(S(=O)(=O)NC(C)C(CC)CC)cn1. The van der Waals surface area contributed by atoms with Crippen LogP contribution in [0.4, 0.5) is 0 Å². The van der Waals surface area contributed by atoms with Gasteiger partial charge in [0.05, 0.1) is 12.7 Å². The van der Waals surface area contributed by atoms with Gasteiger partial charge >= 0.3 is 0 Å². The summed E-state index contributed by atoms with van der Waals surface area (Å²) in [6.45, 7) is 10.4. The van der Waals surface area contributed by atoms with Gasteiger partial charge in [-0.15, -0.1) is 0 Å². The highest BCUT2D eigenvalue weighted by Gasteiger charge is 2.23. The molecular weight excluding hydrogens is 288 g/mol. The Balaban J connectivity index is 2.70. The van der Waals surface area contributed by atoms with Gasteiger partial charge < -0.3 is 5.32 Å². The van der Waals surface area contributed by atoms with Crippen molar-refractivity contribution in [2.75, 3.05) is 13.1 Å². The van der Waals surface area contributed by atoms with Gasteiger partial charge in [-0.3, -0.25) is 4.68 Å². The summed E-state index contributed by atoms with van der Waals surface area (Å²) in [5.41, 5.74) is 0. The molecule has 1 rings (SSSR count). The van der Waals surface area contributed by atoms with E-state index in [1.807, 2.05) is 13.8 Å². The first-order valence-corrected chi connectivity index (χ1v) is 9.18. The van der Waals surface area contributed by atoms with Crippen molar-refractivity contribution in [1.82, 2.24) is 19.8 Å². The van der Waals surface area contributed by atoms with Crippen molar-refractivity contribution in [2.24, 2.45) is 5.92 Å². The molecule has 2 N–H and O–H groups in total. The average molecular weight is 316 g/mol. The molecule has 0 fully saturated rings. The number of nitrogens with zero attached hydrogens (tertiary/aromatic N) is 2. The third-order valence-electron chi connectivity index (χ3n) is 3.78. The quantitative estimate of drug-likeness (QED) is 0.643. The Morgan fingerprint density at radius 1 is 1.29 bits per heavy atom. The lowest BCUT2D eigenvalue weighted by Gasteiger charge is -2.21. The highest BCUT2D eigenvalue weighted by atomic mass is 32.2. The van der Waals surface area contributed by atoms with Gasteiger partial charge in [-0.25, -0.2) is 13.1 Å². The van der Waals surface area contributed by atoms with E-state index in [2.05, 4.69) is 29.0 Å². The first-order valence-electron chi connectivity index (χ1n) is 7.70. The van der Waals surface area contributed by atoms with Crippen molar-refractivity contribution in [2.45, 2.75) is 58.0 Å². The van der Waals surface area contributed by atoms with Crippen molar-refractivity contribution in [1.29, 1.82) is 0 Å². The van der Waals surface area contributed by atoms with Crippen LogP contribution in [0.5, 0.6) is 0 Å². The summed E-state index contributed by atoms with van der Waals surface area (Å²) in [5, 5.41) is 7.29. The fraction of sp³-hybridized carbons (Fsp3) is 0.786. The molecule has 0 saturated heterocycles. The van der Waals surface area contributed by atoms with Crippen molar-refractivity contribution in [3.8, 4) is 0 Å². The van der Waals surface area contributed by atoms with Crippen molar-refractivity contribution < 1.29 is 8.42 Å². The zero-order chi connectivity index (χ0) is 15.9. The second-order valence-corrected chi connectivity index (χ2v) is 6.99. The van der Waals surface area contributed by atoms with Crippen LogP contribution in [0, 0.1) is 5.92 Å². The van der Waals surface area contributed by atoms with Crippen molar-refractivity contribution >= 4 is 10.0 Å². The second kappa shape index (κ2) is 8.51. The molecule has 1 unspecified atom stereocenters. The molecule has 0 aliphatic carbocycles. The van der Waals surface area contributed by atoms with E-state index >= 15 is 0 Å². The Hall–Kier alpha value is -0.920. The van der Waals surface area contributed by atoms with Crippen molar-refractivity contribution in [3.05, 3.63) is 12.4 Å². The Morgan fingerprint density at radius 2 is 1.95 bits per heavy atom. The smallest absolute Gasteiger partial charge is 0.243 e. The van der Waals surface area contributed by atoms with E-state index < -0.39 is 10.0 Å². The van der Waals surface area contributed by atoms with Crippen LogP contribution in [0.1, 0.15) is 40.5 Å². The second-order valence-electron chi connectivity index (χ2n) is 5.28. The van der Waals surface area contributed by atoms with Crippen LogP contribution in [0.25, 0.3) is 0 Å². The van der Waals surface area contributed by atoms with E-state index in [9.17, 15) is 8.42 Å². The predicted molar refractivity (Wildman–Crippen MR) is 84.6 cm³/mol. The normalized spacial score (nSPS) is 13.8. The third-order valence-corrected chi connectivity index (χ3v) is 5.30. The molecule has 1 atom stereocenters. The molecule has 6 nitrogen and oxygen atoms in total. The number of aromatic nitrogens is 2. The topological polar surface area (TPSA) is 76.0 Å². The summed E-state index contributed by atoms with van der Waals surface area (Å²) in [7, 11) is -3.49. The van der Waals surface area contributed by atoms with Gasteiger partial charge in [0.25, 0.3) is 0 Å². The van der Waals surface area contributed by atoms with Gasteiger partial charge in [0, 0.05) is 18.8 Å². The number of sulfonamides is 1. The largest absolute Gasteiger partial charge is 0.315 e. The van der Waals surface area contributed by atoms with Crippen LogP contribution in [0.15, 0.2) is 17.3 Å². The molecule has 0 aromatic carbocycles. The molecule has 21 heavy (non-hydrogen) atoms. The maximum absolute atomic E-state index is 12.3. The number of hydrogen-bond donors (Lipinski definition) is 2. The molecule has 0 saturated carbocycles. The summed E-state index contributed by atoms with van der Waals surface area (Å²) in [6, 6.07) is -0.0740. The minimum Gasteiger partial charge on any atom is -0.315 e. The van der Waals surface area contributed by atoms with Gasteiger partial charge in [-0.2, -0.15) is 5.10 Å². The van der Waals surface area contributed by atoms with Crippen LogP contribution in [0.3, 0.4) is 0 Å². The van der Waals surface area contributed by atoms with E-state index in [1.54, 1.807) is 10.9 Å². The van der Waals surface area contributed by atoms with Crippen molar-refractivity contribution in [3.63, 3.8) is 0 Å². The number of nitrogens with one attached hydrogen (secondary N) is 2. The fourth-order valence-corrected chi connectivity index (χ4v) is 3.65. The summed E-state index contributed by atoms with van der Waals surface area (Å²) in [6.07, 6.45) is 4.91. The van der Waals surface area contributed by atoms with E-state index in [1.165, 1.54) is 6.20 Å². The number of likely N-dealkylation sites (N-methyl/N-ethyl adjacent to an activating group) is 1. The summed E-state index contributed by atoms with van der Waals surface area (Å²) in [5.74, 6) is 0.351. The lowest BCUT2D eigenvalue weighted by atomic mass is 9.96. The number of hydrogen-bond acceptors (Lipinski definition) is 4. The Labute approximate surface area is 128 Å². The molecule has 0 aliphatic heterocycles. The van der Waals surface area contributed by atoms with E-state index in [0.29, 0.717) is 12.5 Å². The average Bonchev–Trinajstić information content (AvgIpc) is 2.89. The van der Waals surface area contributed by atoms with Gasteiger partial charge in [-0.05, 0) is 19.4 Å². The molecule has 0 bridgehead atoms. The minimum atomic E-state index is -3.49. The zero-order valence-corrected chi connectivity index (χ0v) is 14.3. The summed E-state index contributed by atoms with van der Waals surface area (Å²) >= 11 is 0. The molecule has 0 amide bonds. The van der Waals surface area contributed by atoms with Crippen LogP contribution in [-0.2, 0) is 16.6 Å². The highest BCUT2D eigenvalue weighted by molar-refractivity contribution is 7.89. The maximum Gasteiger partial charge on any atom is 0.243 e. The molecule has 1 aromatic rings. The minimum absolute atomic E-state index is 0.0740. The molecule has 1 heterocycles. The van der Waals surface area contributed by atoms with Crippen LogP contribution in [-0.4, -0.2) is 37.3 Å². The molecule has 1 aromatic heterocycles. The maximum atomic E-state index is 12.3. The van der Waals surface area contributed by atoms with Gasteiger partial charge in [0.15, 0.2) is 0 Å². The lowest BCUT2D eigenvalue weighted by Crippen LogP contribution is -2.37. The Morgan fingerprint density at radius 3 is 2.52 bits per heavy atom. The standard InChI is InChI=1S/C14H28N4O2S/c1-5-13(6-2)12(4)17-21(19,20)14-10-16-18(11-14)9-8-15-7-3/h10-13,15,17H,5-9H2,1-4H3. The van der Waals surface area contributed by atoms with Gasteiger partial charge in [0.2, 0.25) is 10.0 Å². The zero-order valence-electron chi connectivity index (χ0n) is 13.5. The van der Waals surface area contributed by atoms with Crippen LogP contribution < -0.4 is 10.0 Å². The monoisotopic (exact) mass is 316 g/mol. The Bertz CT molecular complexity index is 509. The first kappa shape index (κ1) is 18.1.